The smallest absolute Gasteiger partial charge is 0.324 e. The first kappa shape index (κ1) is 16.7. The molecule has 2 atom stereocenters. The number of carbonyl (C=O) groups excluding carboxylic acids is 3. The second-order valence-corrected chi connectivity index (χ2v) is 5.68. The van der Waals surface area contributed by atoms with Crippen LogP contribution in [-0.2, 0) is 14.3 Å². The van der Waals surface area contributed by atoms with Crippen molar-refractivity contribution in [1.82, 2.24) is 20.4 Å². The molecule has 0 aromatic heterocycles. The van der Waals surface area contributed by atoms with Crippen molar-refractivity contribution in [2.75, 3.05) is 39.3 Å². The molecule has 8 nitrogen and oxygen atoms in total. The molecule has 2 aliphatic rings. The van der Waals surface area contributed by atoms with Crippen LogP contribution in [0.3, 0.4) is 0 Å². The van der Waals surface area contributed by atoms with Crippen LogP contribution < -0.4 is 10.6 Å². The number of imide groups is 1. The normalized spacial score (nSPS) is 22.3. The molecule has 8 heteroatoms. The van der Waals surface area contributed by atoms with Crippen molar-refractivity contribution in [3.05, 3.63) is 0 Å². The van der Waals surface area contributed by atoms with E-state index in [0.717, 1.165) is 13.1 Å². The molecule has 0 aromatic carbocycles. The summed E-state index contributed by atoms with van der Waals surface area (Å²) in [6.45, 7) is 7.09. The van der Waals surface area contributed by atoms with E-state index in [9.17, 15) is 14.4 Å². The van der Waals surface area contributed by atoms with Gasteiger partial charge in [0.1, 0.15) is 6.61 Å². The highest BCUT2D eigenvalue weighted by Gasteiger charge is 2.30. The van der Waals surface area contributed by atoms with Crippen LogP contribution in [0.2, 0.25) is 0 Å². The Morgan fingerprint density at radius 2 is 1.91 bits per heavy atom. The Morgan fingerprint density at radius 1 is 1.23 bits per heavy atom. The van der Waals surface area contributed by atoms with Gasteiger partial charge < -0.3 is 19.9 Å². The van der Waals surface area contributed by atoms with Gasteiger partial charge in [-0.25, -0.2) is 4.79 Å². The molecule has 2 saturated heterocycles. The van der Waals surface area contributed by atoms with E-state index >= 15 is 0 Å². The van der Waals surface area contributed by atoms with E-state index in [2.05, 4.69) is 10.6 Å². The summed E-state index contributed by atoms with van der Waals surface area (Å²) in [7, 11) is 0. The highest BCUT2D eigenvalue weighted by Crippen LogP contribution is 2.12. The molecule has 1 unspecified atom stereocenters. The fourth-order valence-electron chi connectivity index (χ4n) is 2.57. The Balaban J connectivity index is 1.78. The van der Waals surface area contributed by atoms with Crippen molar-refractivity contribution in [2.45, 2.75) is 32.4 Å². The molecule has 2 aliphatic heterocycles. The summed E-state index contributed by atoms with van der Waals surface area (Å²) >= 11 is 0. The van der Waals surface area contributed by atoms with Crippen LogP contribution in [0, 0.1) is 0 Å². The first-order valence-corrected chi connectivity index (χ1v) is 7.69. The predicted molar refractivity (Wildman–Crippen MR) is 79.2 cm³/mol. The monoisotopic (exact) mass is 312 g/mol. The molecule has 124 valence electrons. The molecule has 2 N–H and O–H groups in total. The summed E-state index contributed by atoms with van der Waals surface area (Å²) in [5.41, 5.74) is 0. The van der Waals surface area contributed by atoms with Gasteiger partial charge in [0.05, 0.1) is 12.1 Å². The first-order valence-electron chi connectivity index (χ1n) is 7.69. The van der Waals surface area contributed by atoms with E-state index in [1.54, 1.807) is 9.80 Å². The maximum Gasteiger partial charge on any atom is 0.324 e. The minimum Gasteiger partial charge on any atom is -0.367 e. The van der Waals surface area contributed by atoms with Crippen molar-refractivity contribution in [3.8, 4) is 0 Å². The third kappa shape index (κ3) is 4.17. The standard InChI is InChI=1S/C14H24N4O4/c1-10(18-6-3-12(19)16-14(18)21)11(2)22-9-13(20)17-7-4-15-5-8-17/h10-11,15H,3-9H2,1-2H3,(H,16,19,21)/t10-,11?/m0/s1. The number of nitrogens with one attached hydrogen (secondary N) is 2. The molecule has 0 aliphatic carbocycles. The van der Waals surface area contributed by atoms with Crippen LogP contribution in [0.4, 0.5) is 4.79 Å². The Labute approximate surface area is 130 Å². The van der Waals surface area contributed by atoms with Gasteiger partial charge in [-0.05, 0) is 13.8 Å². The van der Waals surface area contributed by atoms with Crippen molar-refractivity contribution in [1.29, 1.82) is 0 Å². The summed E-state index contributed by atoms with van der Waals surface area (Å²) < 4.78 is 5.63. The number of urea groups is 1. The molecule has 0 bridgehead atoms. The van der Waals surface area contributed by atoms with E-state index in [1.807, 2.05) is 13.8 Å². The molecule has 2 rings (SSSR count). The fourth-order valence-corrected chi connectivity index (χ4v) is 2.57. The third-order valence-corrected chi connectivity index (χ3v) is 4.20. The quantitative estimate of drug-likeness (QED) is 0.690. The average molecular weight is 312 g/mol. The molecular weight excluding hydrogens is 288 g/mol. The lowest BCUT2D eigenvalue weighted by atomic mass is 10.1. The van der Waals surface area contributed by atoms with Gasteiger partial charge >= 0.3 is 6.03 Å². The zero-order chi connectivity index (χ0) is 16.1. The maximum atomic E-state index is 12.0. The molecule has 0 spiro atoms. The molecule has 0 aromatic rings. The lowest BCUT2D eigenvalue weighted by molar-refractivity contribution is -0.139. The van der Waals surface area contributed by atoms with Gasteiger partial charge in [-0.3, -0.25) is 14.9 Å². The number of ether oxygens (including phenoxy) is 1. The van der Waals surface area contributed by atoms with E-state index in [0.29, 0.717) is 26.1 Å². The van der Waals surface area contributed by atoms with Crippen LogP contribution in [0.5, 0.6) is 0 Å². The highest BCUT2D eigenvalue weighted by atomic mass is 16.5. The van der Waals surface area contributed by atoms with E-state index in [4.69, 9.17) is 4.74 Å². The second-order valence-electron chi connectivity index (χ2n) is 5.68. The number of hydrogen-bond acceptors (Lipinski definition) is 5. The topological polar surface area (TPSA) is 91.0 Å². The molecule has 2 fully saturated rings. The van der Waals surface area contributed by atoms with Gasteiger partial charge in [0, 0.05) is 39.1 Å². The van der Waals surface area contributed by atoms with Crippen LogP contribution >= 0.6 is 0 Å². The van der Waals surface area contributed by atoms with E-state index in [-0.39, 0.29) is 30.6 Å². The van der Waals surface area contributed by atoms with Gasteiger partial charge in [0.2, 0.25) is 11.8 Å². The van der Waals surface area contributed by atoms with E-state index in [1.165, 1.54) is 0 Å². The lowest BCUT2D eigenvalue weighted by Crippen LogP contribution is -2.56. The summed E-state index contributed by atoms with van der Waals surface area (Å²) in [6.07, 6.45) is 0.00788. The molecule has 22 heavy (non-hydrogen) atoms. The largest absolute Gasteiger partial charge is 0.367 e. The number of piperazine rings is 1. The molecule has 2 heterocycles. The number of hydrogen-bond donors (Lipinski definition) is 2. The number of carbonyl (C=O) groups is 3. The lowest BCUT2D eigenvalue weighted by Gasteiger charge is -2.35. The third-order valence-electron chi connectivity index (χ3n) is 4.20. The number of nitrogens with zero attached hydrogens (tertiary/aromatic N) is 2. The SMILES string of the molecule is CC(OCC(=O)N1CCNCC1)[C@H](C)N1CCC(=O)NC1=O. The predicted octanol–water partition coefficient (Wildman–Crippen LogP) is -0.846. The molecule has 0 saturated carbocycles. The van der Waals surface area contributed by atoms with Crippen LogP contribution in [0.15, 0.2) is 0 Å². The summed E-state index contributed by atoms with van der Waals surface area (Å²) in [5, 5.41) is 5.48. The van der Waals surface area contributed by atoms with Crippen molar-refractivity contribution < 1.29 is 19.1 Å². The first-order chi connectivity index (χ1) is 10.5. The summed E-state index contributed by atoms with van der Waals surface area (Å²) in [4.78, 5) is 38.3. The molecular formula is C14H24N4O4. The van der Waals surface area contributed by atoms with Crippen LogP contribution in [0.1, 0.15) is 20.3 Å². The van der Waals surface area contributed by atoms with Crippen molar-refractivity contribution in [2.24, 2.45) is 0 Å². The second kappa shape index (κ2) is 7.55. The fraction of sp³-hybridized carbons (Fsp3) is 0.786. The van der Waals surface area contributed by atoms with Gasteiger partial charge in [0.25, 0.3) is 0 Å². The van der Waals surface area contributed by atoms with Crippen LogP contribution in [-0.4, -0.2) is 79.1 Å². The summed E-state index contributed by atoms with van der Waals surface area (Å²) in [6, 6.07) is -0.600. The van der Waals surface area contributed by atoms with Crippen LogP contribution in [0.25, 0.3) is 0 Å². The Morgan fingerprint density at radius 3 is 2.55 bits per heavy atom. The molecule has 4 amide bonds. The Hall–Kier alpha value is -1.67. The van der Waals surface area contributed by atoms with Gasteiger partial charge in [-0.2, -0.15) is 0 Å². The Bertz CT molecular complexity index is 437. The molecule has 0 radical (unpaired) electrons. The van der Waals surface area contributed by atoms with Gasteiger partial charge in [-0.1, -0.05) is 0 Å². The minimum absolute atomic E-state index is 0.0138. The highest BCUT2D eigenvalue weighted by molar-refractivity contribution is 5.96. The number of amides is 4. The van der Waals surface area contributed by atoms with E-state index < -0.39 is 6.03 Å². The average Bonchev–Trinajstić information content (AvgIpc) is 2.52. The number of rotatable bonds is 5. The van der Waals surface area contributed by atoms with Crippen molar-refractivity contribution in [3.63, 3.8) is 0 Å². The zero-order valence-electron chi connectivity index (χ0n) is 13.1. The summed E-state index contributed by atoms with van der Waals surface area (Å²) in [5.74, 6) is -0.283. The van der Waals surface area contributed by atoms with Gasteiger partial charge in [-0.15, -0.1) is 0 Å². The Kier molecular flexibility index (Phi) is 5.73. The minimum atomic E-state index is -0.396. The maximum absolute atomic E-state index is 12.0. The van der Waals surface area contributed by atoms with Crippen molar-refractivity contribution >= 4 is 17.8 Å². The zero-order valence-corrected chi connectivity index (χ0v) is 13.1. The van der Waals surface area contributed by atoms with Gasteiger partial charge in [0.15, 0.2) is 0 Å².